The van der Waals surface area contributed by atoms with Gasteiger partial charge < -0.3 is 4.74 Å². The van der Waals surface area contributed by atoms with Gasteiger partial charge in [0.1, 0.15) is 5.75 Å². The Morgan fingerprint density at radius 2 is 2.00 bits per heavy atom. The van der Waals surface area contributed by atoms with Crippen LogP contribution in [0, 0.1) is 7.14 Å². The molecule has 0 aliphatic carbocycles. The molecule has 0 aromatic heterocycles. The summed E-state index contributed by atoms with van der Waals surface area (Å²) >= 11 is 4.69. The van der Waals surface area contributed by atoms with Crippen molar-refractivity contribution in [2.75, 3.05) is 7.11 Å². The number of aryl methyl sites for hydroxylation is 1. The van der Waals surface area contributed by atoms with E-state index < -0.39 is 0 Å². The molecule has 0 unspecified atom stereocenters. The van der Waals surface area contributed by atoms with Gasteiger partial charge in [0, 0.05) is 3.57 Å². The van der Waals surface area contributed by atoms with Crippen LogP contribution in [0.15, 0.2) is 12.1 Å². The summed E-state index contributed by atoms with van der Waals surface area (Å²) in [6.45, 7) is 2.21. The van der Waals surface area contributed by atoms with Gasteiger partial charge >= 0.3 is 0 Å². The maximum absolute atomic E-state index is 5.42. The molecule has 0 bridgehead atoms. The van der Waals surface area contributed by atoms with Crippen molar-refractivity contribution in [3.63, 3.8) is 0 Å². The van der Waals surface area contributed by atoms with Crippen molar-refractivity contribution in [1.29, 1.82) is 0 Å². The minimum absolute atomic E-state index is 1.06. The molecule has 0 aliphatic heterocycles. The summed E-state index contributed by atoms with van der Waals surface area (Å²) in [6.07, 6.45) is 3.57. The minimum atomic E-state index is 1.06. The molecule has 0 radical (unpaired) electrons. The Kier molecular flexibility index (Phi) is 5.51. The van der Waals surface area contributed by atoms with E-state index in [2.05, 4.69) is 64.2 Å². The Morgan fingerprint density at radius 1 is 1.29 bits per heavy atom. The van der Waals surface area contributed by atoms with Crippen molar-refractivity contribution in [3.8, 4) is 5.75 Å². The lowest BCUT2D eigenvalue weighted by Crippen LogP contribution is -1.96. The Hall–Kier alpha value is 0.480. The van der Waals surface area contributed by atoms with Crippen LogP contribution in [0.25, 0.3) is 0 Å². The number of methoxy groups -OCH3 is 1. The van der Waals surface area contributed by atoms with Crippen LogP contribution < -0.4 is 4.74 Å². The molecule has 1 aromatic carbocycles. The lowest BCUT2D eigenvalue weighted by Gasteiger charge is -2.10. The summed E-state index contributed by atoms with van der Waals surface area (Å²) < 4.78 is 7.92. The highest BCUT2D eigenvalue weighted by Gasteiger charge is 2.08. The number of ether oxygens (including phenoxy) is 1. The van der Waals surface area contributed by atoms with Gasteiger partial charge in [-0.15, -0.1) is 0 Å². The first-order chi connectivity index (χ1) is 6.69. The van der Waals surface area contributed by atoms with Crippen molar-refractivity contribution in [3.05, 3.63) is 24.8 Å². The van der Waals surface area contributed by atoms with Crippen LogP contribution in [-0.4, -0.2) is 7.11 Å². The smallest absolute Gasteiger partial charge is 0.135 e. The second-order valence-electron chi connectivity index (χ2n) is 3.18. The van der Waals surface area contributed by atoms with Crippen LogP contribution in [0.3, 0.4) is 0 Å². The molecule has 0 N–H and O–H groups in total. The molecule has 0 saturated heterocycles. The maximum Gasteiger partial charge on any atom is 0.135 e. The highest BCUT2D eigenvalue weighted by Crippen LogP contribution is 2.29. The van der Waals surface area contributed by atoms with E-state index in [0.29, 0.717) is 0 Å². The standard InChI is InChI=1S/C11H14I2O/c1-3-4-5-8-6-9(12)7-10(13)11(8)14-2/h6-7H,3-5H2,1-2H3. The van der Waals surface area contributed by atoms with Crippen LogP contribution in [0.1, 0.15) is 25.3 Å². The fraction of sp³-hybridized carbons (Fsp3) is 0.455. The summed E-state index contributed by atoms with van der Waals surface area (Å²) in [6, 6.07) is 4.37. The number of halogens is 2. The zero-order chi connectivity index (χ0) is 10.6. The van der Waals surface area contributed by atoms with Crippen molar-refractivity contribution < 1.29 is 4.74 Å². The Bertz CT molecular complexity index is 310. The van der Waals surface area contributed by atoms with Gasteiger partial charge in [0.05, 0.1) is 10.7 Å². The van der Waals surface area contributed by atoms with Gasteiger partial charge in [-0.2, -0.15) is 0 Å². The number of rotatable bonds is 4. The van der Waals surface area contributed by atoms with Crippen molar-refractivity contribution in [1.82, 2.24) is 0 Å². The number of hydrogen-bond donors (Lipinski definition) is 0. The first-order valence-electron chi connectivity index (χ1n) is 4.71. The molecule has 14 heavy (non-hydrogen) atoms. The SMILES string of the molecule is CCCCc1cc(I)cc(I)c1OC. The number of benzene rings is 1. The molecule has 0 heterocycles. The quantitative estimate of drug-likeness (QED) is 0.668. The third kappa shape index (κ3) is 3.25. The van der Waals surface area contributed by atoms with Gasteiger partial charge in [-0.25, -0.2) is 0 Å². The monoisotopic (exact) mass is 416 g/mol. The first kappa shape index (κ1) is 12.5. The van der Waals surface area contributed by atoms with Crippen LogP contribution in [-0.2, 0) is 6.42 Å². The molecule has 0 fully saturated rings. The van der Waals surface area contributed by atoms with Crippen LogP contribution in [0.2, 0.25) is 0 Å². The molecule has 0 atom stereocenters. The van der Waals surface area contributed by atoms with Crippen LogP contribution in [0.4, 0.5) is 0 Å². The molecular formula is C11H14I2O. The van der Waals surface area contributed by atoms with Gasteiger partial charge in [0.2, 0.25) is 0 Å². The summed E-state index contributed by atoms with van der Waals surface area (Å²) in [5.41, 5.74) is 1.34. The predicted octanol–water partition coefficient (Wildman–Crippen LogP) is 4.25. The zero-order valence-electron chi connectivity index (χ0n) is 8.44. The van der Waals surface area contributed by atoms with Gasteiger partial charge in [-0.1, -0.05) is 13.3 Å². The molecule has 3 heteroatoms. The molecule has 78 valence electrons. The fourth-order valence-corrected chi connectivity index (χ4v) is 3.58. The maximum atomic E-state index is 5.42. The highest BCUT2D eigenvalue weighted by atomic mass is 127. The van der Waals surface area contributed by atoms with Gasteiger partial charge in [-0.3, -0.25) is 0 Å². The number of hydrogen-bond acceptors (Lipinski definition) is 1. The van der Waals surface area contributed by atoms with Crippen LogP contribution in [0.5, 0.6) is 5.75 Å². The van der Waals surface area contributed by atoms with E-state index in [1.165, 1.54) is 25.5 Å². The van der Waals surface area contributed by atoms with Crippen molar-refractivity contribution in [2.24, 2.45) is 0 Å². The first-order valence-corrected chi connectivity index (χ1v) is 6.86. The lowest BCUT2D eigenvalue weighted by atomic mass is 10.1. The molecule has 0 amide bonds. The molecule has 0 saturated carbocycles. The Morgan fingerprint density at radius 3 is 2.57 bits per heavy atom. The largest absolute Gasteiger partial charge is 0.495 e. The van der Waals surface area contributed by atoms with Gasteiger partial charge in [0.25, 0.3) is 0 Å². The third-order valence-electron chi connectivity index (χ3n) is 2.09. The van der Waals surface area contributed by atoms with E-state index in [-0.39, 0.29) is 0 Å². The summed E-state index contributed by atoms with van der Waals surface area (Å²) in [5, 5.41) is 0. The topological polar surface area (TPSA) is 9.23 Å². The van der Waals surface area contributed by atoms with Crippen LogP contribution >= 0.6 is 45.2 Å². The molecule has 0 spiro atoms. The predicted molar refractivity (Wildman–Crippen MR) is 77.0 cm³/mol. The number of unbranched alkanes of at least 4 members (excludes halogenated alkanes) is 1. The second-order valence-corrected chi connectivity index (χ2v) is 5.59. The highest BCUT2D eigenvalue weighted by molar-refractivity contribution is 14.1. The van der Waals surface area contributed by atoms with E-state index in [4.69, 9.17) is 4.74 Å². The van der Waals surface area contributed by atoms with E-state index >= 15 is 0 Å². The summed E-state index contributed by atoms with van der Waals surface area (Å²) in [5.74, 6) is 1.06. The molecule has 1 nitrogen and oxygen atoms in total. The summed E-state index contributed by atoms with van der Waals surface area (Å²) in [7, 11) is 1.75. The van der Waals surface area contributed by atoms with Gasteiger partial charge in [-0.05, 0) is 75.7 Å². The zero-order valence-corrected chi connectivity index (χ0v) is 12.8. The molecule has 0 aliphatic rings. The average molecular weight is 416 g/mol. The third-order valence-corrected chi connectivity index (χ3v) is 3.51. The molecular weight excluding hydrogens is 402 g/mol. The lowest BCUT2D eigenvalue weighted by molar-refractivity contribution is 0.406. The van der Waals surface area contributed by atoms with Crippen molar-refractivity contribution >= 4 is 45.2 Å². The molecule has 1 aromatic rings. The molecule has 1 rings (SSSR count). The minimum Gasteiger partial charge on any atom is -0.495 e. The van der Waals surface area contributed by atoms with E-state index in [1.54, 1.807) is 7.11 Å². The fourth-order valence-electron chi connectivity index (χ4n) is 1.40. The Labute approximate surface area is 113 Å². The van der Waals surface area contributed by atoms with Crippen molar-refractivity contribution in [2.45, 2.75) is 26.2 Å². The summed E-state index contributed by atoms with van der Waals surface area (Å²) in [4.78, 5) is 0. The normalized spacial score (nSPS) is 10.3. The van der Waals surface area contributed by atoms with Gasteiger partial charge in [0.15, 0.2) is 0 Å². The average Bonchev–Trinajstić information content (AvgIpc) is 2.14. The van der Waals surface area contributed by atoms with E-state index in [0.717, 1.165) is 12.2 Å². The van der Waals surface area contributed by atoms with E-state index in [9.17, 15) is 0 Å². The second kappa shape index (κ2) is 6.15. The van der Waals surface area contributed by atoms with E-state index in [1.807, 2.05) is 0 Å². The Balaban J connectivity index is 2.99.